The molecule has 1 rings (SSSR count). The molecule has 0 aliphatic rings. The lowest BCUT2D eigenvalue weighted by Crippen LogP contribution is -2.10. The van der Waals surface area contributed by atoms with E-state index in [1.54, 1.807) is 19.9 Å². The predicted molar refractivity (Wildman–Crippen MR) is 60.0 cm³/mol. The van der Waals surface area contributed by atoms with Gasteiger partial charge in [-0.2, -0.15) is 8.42 Å². The Morgan fingerprint density at radius 1 is 1.20 bits per heavy atom. The van der Waals surface area contributed by atoms with Crippen LogP contribution in [-0.2, 0) is 15.9 Å². The number of benzene rings is 1. The van der Waals surface area contributed by atoms with Gasteiger partial charge in [-0.25, -0.2) is 0 Å². The van der Waals surface area contributed by atoms with E-state index in [1.807, 2.05) is 0 Å². The van der Waals surface area contributed by atoms with Gasteiger partial charge in [-0.1, -0.05) is 6.07 Å². The van der Waals surface area contributed by atoms with Crippen LogP contribution in [-0.4, -0.2) is 13.0 Å². The molecule has 0 atom stereocenters. The van der Waals surface area contributed by atoms with Crippen molar-refractivity contribution in [2.45, 2.75) is 19.6 Å². The summed E-state index contributed by atoms with van der Waals surface area (Å²) >= 11 is 0. The average Bonchev–Trinajstić information content (AvgIpc) is 2.08. The summed E-state index contributed by atoms with van der Waals surface area (Å²) in [6.45, 7) is 3.52. The first-order valence-corrected chi connectivity index (χ1v) is 5.92. The molecule has 0 heterocycles. The molecule has 0 bridgehead atoms. The summed E-state index contributed by atoms with van der Waals surface area (Å²) in [6.07, 6.45) is 0. The van der Waals surface area contributed by atoms with Gasteiger partial charge < -0.3 is 11.5 Å². The van der Waals surface area contributed by atoms with Gasteiger partial charge >= 0.3 is 0 Å². The van der Waals surface area contributed by atoms with Crippen molar-refractivity contribution in [3.63, 3.8) is 0 Å². The van der Waals surface area contributed by atoms with E-state index in [4.69, 9.17) is 16.0 Å². The first kappa shape index (κ1) is 11.8. The number of hydrogen-bond acceptors (Lipinski definition) is 4. The number of rotatable bonds is 2. The zero-order valence-corrected chi connectivity index (χ0v) is 9.43. The van der Waals surface area contributed by atoms with Crippen molar-refractivity contribution >= 4 is 21.5 Å². The second kappa shape index (κ2) is 3.71. The summed E-state index contributed by atoms with van der Waals surface area (Å²) in [4.78, 5) is 0. The molecule has 15 heavy (non-hydrogen) atoms. The Hall–Kier alpha value is -1.27. The Balaban J connectivity index is 3.40. The number of nitrogen functional groups attached to an aromatic ring is 2. The molecule has 0 aliphatic heterocycles. The van der Waals surface area contributed by atoms with Gasteiger partial charge in [-0.15, -0.1) is 0 Å². The average molecular weight is 230 g/mol. The Bertz CT molecular complexity index is 468. The molecule has 0 amide bonds. The summed E-state index contributed by atoms with van der Waals surface area (Å²) in [5.41, 5.74) is 13.8. The SMILES string of the molecule is Cc1cc(C)c(N)c(CS(=O)(=O)O)c1N. The van der Waals surface area contributed by atoms with Gasteiger partial charge in [0, 0.05) is 16.9 Å². The second-order valence-electron chi connectivity index (χ2n) is 3.54. The van der Waals surface area contributed by atoms with Crippen LogP contribution in [0.3, 0.4) is 0 Å². The Morgan fingerprint density at radius 3 is 1.93 bits per heavy atom. The van der Waals surface area contributed by atoms with Crippen molar-refractivity contribution < 1.29 is 13.0 Å². The molecule has 0 spiro atoms. The molecule has 0 unspecified atom stereocenters. The Labute approximate surface area is 88.8 Å². The first-order valence-electron chi connectivity index (χ1n) is 4.31. The fourth-order valence-electron chi connectivity index (χ4n) is 1.44. The van der Waals surface area contributed by atoms with Crippen molar-refractivity contribution in [1.82, 2.24) is 0 Å². The minimum absolute atomic E-state index is 0.273. The maximum Gasteiger partial charge on any atom is 0.269 e. The van der Waals surface area contributed by atoms with E-state index in [0.717, 1.165) is 11.1 Å². The van der Waals surface area contributed by atoms with Crippen LogP contribution in [0.2, 0.25) is 0 Å². The molecular weight excluding hydrogens is 216 g/mol. The first-order chi connectivity index (χ1) is 6.72. The molecular formula is C9H14N2O3S. The minimum Gasteiger partial charge on any atom is -0.398 e. The Kier molecular flexibility index (Phi) is 2.92. The minimum atomic E-state index is -4.12. The molecule has 5 nitrogen and oxygen atoms in total. The van der Waals surface area contributed by atoms with Crippen LogP contribution in [0.25, 0.3) is 0 Å². The molecule has 84 valence electrons. The zero-order valence-electron chi connectivity index (χ0n) is 8.61. The number of anilines is 2. The van der Waals surface area contributed by atoms with E-state index in [1.165, 1.54) is 0 Å². The molecule has 0 saturated heterocycles. The third kappa shape index (κ3) is 2.60. The summed E-state index contributed by atoms with van der Waals surface area (Å²) in [5, 5.41) is 0. The Morgan fingerprint density at radius 2 is 1.60 bits per heavy atom. The molecule has 0 fully saturated rings. The van der Waals surface area contributed by atoms with Gasteiger partial charge in [-0.05, 0) is 25.0 Å². The van der Waals surface area contributed by atoms with Gasteiger partial charge in [0.05, 0.1) is 0 Å². The fourth-order valence-corrected chi connectivity index (χ4v) is 2.12. The highest BCUT2D eigenvalue weighted by atomic mass is 32.2. The van der Waals surface area contributed by atoms with Gasteiger partial charge in [0.1, 0.15) is 5.75 Å². The van der Waals surface area contributed by atoms with E-state index in [0.29, 0.717) is 11.4 Å². The predicted octanol–water partition coefficient (Wildman–Crippen LogP) is 0.856. The quantitative estimate of drug-likeness (QED) is 0.516. The number of hydrogen-bond donors (Lipinski definition) is 3. The van der Waals surface area contributed by atoms with E-state index in [-0.39, 0.29) is 5.56 Å². The topological polar surface area (TPSA) is 106 Å². The van der Waals surface area contributed by atoms with Crippen LogP contribution in [0.15, 0.2) is 6.07 Å². The third-order valence-electron chi connectivity index (χ3n) is 2.26. The summed E-state index contributed by atoms with van der Waals surface area (Å²) in [7, 11) is -4.12. The van der Waals surface area contributed by atoms with Crippen molar-refractivity contribution in [3.8, 4) is 0 Å². The van der Waals surface area contributed by atoms with Crippen molar-refractivity contribution in [3.05, 3.63) is 22.8 Å². The molecule has 6 heteroatoms. The smallest absolute Gasteiger partial charge is 0.269 e. The van der Waals surface area contributed by atoms with Crippen LogP contribution < -0.4 is 11.5 Å². The third-order valence-corrected chi connectivity index (χ3v) is 2.91. The highest BCUT2D eigenvalue weighted by Crippen LogP contribution is 2.28. The molecule has 0 radical (unpaired) electrons. The van der Waals surface area contributed by atoms with Crippen LogP contribution >= 0.6 is 0 Å². The highest BCUT2D eigenvalue weighted by molar-refractivity contribution is 7.85. The van der Waals surface area contributed by atoms with Crippen LogP contribution in [0.5, 0.6) is 0 Å². The molecule has 5 N–H and O–H groups in total. The normalized spacial score (nSPS) is 11.7. The fraction of sp³-hybridized carbons (Fsp3) is 0.333. The summed E-state index contributed by atoms with van der Waals surface area (Å²) in [6, 6.07) is 1.78. The zero-order chi connectivity index (χ0) is 11.8. The maximum atomic E-state index is 10.8. The lowest BCUT2D eigenvalue weighted by molar-refractivity contribution is 0.482. The van der Waals surface area contributed by atoms with Crippen LogP contribution in [0, 0.1) is 13.8 Å². The van der Waals surface area contributed by atoms with Gasteiger partial charge in [0.2, 0.25) is 0 Å². The lowest BCUT2D eigenvalue weighted by atomic mass is 10.0. The summed E-state index contributed by atoms with van der Waals surface area (Å²) < 4.78 is 30.3. The lowest BCUT2D eigenvalue weighted by Gasteiger charge is -2.13. The van der Waals surface area contributed by atoms with Crippen LogP contribution in [0.4, 0.5) is 11.4 Å². The maximum absolute atomic E-state index is 10.8. The molecule has 0 aromatic heterocycles. The van der Waals surface area contributed by atoms with E-state index >= 15 is 0 Å². The monoisotopic (exact) mass is 230 g/mol. The van der Waals surface area contributed by atoms with Crippen molar-refractivity contribution in [1.29, 1.82) is 0 Å². The summed E-state index contributed by atoms with van der Waals surface area (Å²) in [5.74, 6) is -0.548. The number of nitrogens with two attached hydrogens (primary N) is 2. The molecule has 0 aliphatic carbocycles. The van der Waals surface area contributed by atoms with E-state index in [9.17, 15) is 8.42 Å². The van der Waals surface area contributed by atoms with Crippen LogP contribution in [0.1, 0.15) is 16.7 Å². The van der Waals surface area contributed by atoms with Gasteiger partial charge in [-0.3, -0.25) is 4.55 Å². The molecule has 0 saturated carbocycles. The van der Waals surface area contributed by atoms with Crippen molar-refractivity contribution in [2.75, 3.05) is 11.5 Å². The standard InChI is InChI=1S/C9H14N2O3S/c1-5-3-6(2)9(11)7(8(5)10)4-15(12,13)14/h3H,4,10-11H2,1-2H3,(H,12,13,14). The molecule has 1 aromatic rings. The second-order valence-corrected chi connectivity index (χ2v) is 5.00. The van der Waals surface area contributed by atoms with E-state index < -0.39 is 15.9 Å². The largest absolute Gasteiger partial charge is 0.398 e. The van der Waals surface area contributed by atoms with Gasteiger partial charge in [0.25, 0.3) is 10.1 Å². The molecule has 1 aromatic carbocycles. The number of aryl methyl sites for hydroxylation is 2. The van der Waals surface area contributed by atoms with Gasteiger partial charge in [0.15, 0.2) is 0 Å². The van der Waals surface area contributed by atoms with Crippen molar-refractivity contribution in [2.24, 2.45) is 0 Å². The van der Waals surface area contributed by atoms with E-state index in [2.05, 4.69) is 0 Å². The highest BCUT2D eigenvalue weighted by Gasteiger charge is 2.15.